The zero-order chi connectivity index (χ0) is 14.4. The molecule has 0 aromatic heterocycles. The van der Waals surface area contributed by atoms with Gasteiger partial charge in [-0.2, -0.15) is 0 Å². The van der Waals surface area contributed by atoms with Crippen molar-refractivity contribution in [1.29, 1.82) is 0 Å². The third-order valence-corrected chi connectivity index (χ3v) is 2.79. The molecule has 0 atom stereocenters. The summed E-state index contributed by atoms with van der Waals surface area (Å²) in [6, 6.07) is 17.1. The van der Waals surface area contributed by atoms with E-state index in [0.29, 0.717) is 12.3 Å². The number of nitrogens with zero attached hydrogens (tertiary/aromatic N) is 1. The molecule has 3 heteroatoms. The van der Waals surface area contributed by atoms with Crippen molar-refractivity contribution in [2.45, 2.75) is 13.8 Å². The van der Waals surface area contributed by atoms with Gasteiger partial charge in [-0.15, -0.1) is 0 Å². The molecule has 2 aromatic rings. The van der Waals surface area contributed by atoms with Crippen LogP contribution < -0.4 is 0 Å². The fraction of sp³-hybridized carbons (Fsp3) is 0.176. The molecule has 0 aliphatic heterocycles. The molecule has 0 aliphatic rings. The SMILES string of the molecule is CCOC(=O)C(=Nc1ccc(C)cc1)c1ccccc1. The molecule has 0 amide bonds. The summed E-state index contributed by atoms with van der Waals surface area (Å²) in [6.45, 7) is 4.13. The van der Waals surface area contributed by atoms with E-state index >= 15 is 0 Å². The highest BCUT2D eigenvalue weighted by Crippen LogP contribution is 2.15. The average Bonchev–Trinajstić information content (AvgIpc) is 2.48. The summed E-state index contributed by atoms with van der Waals surface area (Å²) in [4.78, 5) is 16.5. The van der Waals surface area contributed by atoms with Gasteiger partial charge in [0.25, 0.3) is 0 Å². The molecule has 0 fully saturated rings. The van der Waals surface area contributed by atoms with E-state index in [4.69, 9.17) is 4.74 Å². The highest BCUT2D eigenvalue weighted by Gasteiger charge is 2.15. The quantitative estimate of drug-likeness (QED) is 0.626. The molecule has 20 heavy (non-hydrogen) atoms. The Morgan fingerprint density at radius 1 is 1.05 bits per heavy atom. The van der Waals surface area contributed by atoms with Crippen molar-refractivity contribution in [2.24, 2.45) is 4.99 Å². The van der Waals surface area contributed by atoms with Crippen molar-refractivity contribution in [3.63, 3.8) is 0 Å². The maximum atomic E-state index is 12.1. The molecule has 3 nitrogen and oxygen atoms in total. The van der Waals surface area contributed by atoms with Gasteiger partial charge in [-0.1, -0.05) is 48.0 Å². The van der Waals surface area contributed by atoms with Gasteiger partial charge in [0.15, 0.2) is 5.71 Å². The van der Waals surface area contributed by atoms with Gasteiger partial charge >= 0.3 is 5.97 Å². The van der Waals surface area contributed by atoms with E-state index in [0.717, 1.165) is 16.8 Å². The molecule has 0 bridgehead atoms. The van der Waals surface area contributed by atoms with Crippen LogP contribution in [0.5, 0.6) is 0 Å². The van der Waals surface area contributed by atoms with E-state index in [-0.39, 0.29) is 0 Å². The Morgan fingerprint density at radius 3 is 2.30 bits per heavy atom. The lowest BCUT2D eigenvalue weighted by molar-refractivity contribution is -0.134. The molecule has 2 rings (SSSR count). The first kappa shape index (κ1) is 14.0. The van der Waals surface area contributed by atoms with Gasteiger partial charge in [0.1, 0.15) is 0 Å². The lowest BCUT2D eigenvalue weighted by Crippen LogP contribution is -2.18. The maximum Gasteiger partial charge on any atom is 0.357 e. The van der Waals surface area contributed by atoms with Gasteiger partial charge < -0.3 is 4.74 Å². The van der Waals surface area contributed by atoms with Crippen LogP contribution in [-0.4, -0.2) is 18.3 Å². The number of aryl methyl sites for hydroxylation is 1. The number of carbonyl (C=O) groups excluding carboxylic acids is 1. The molecular weight excluding hydrogens is 250 g/mol. The van der Waals surface area contributed by atoms with Crippen LogP contribution in [0.4, 0.5) is 5.69 Å². The average molecular weight is 267 g/mol. The Balaban J connectivity index is 2.41. The minimum absolute atomic E-state index is 0.330. The van der Waals surface area contributed by atoms with Gasteiger partial charge in [0, 0.05) is 5.56 Å². The van der Waals surface area contributed by atoms with Crippen molar-refractivity contribution >= 4 is 17.4 Å². The molecule has 0 N–H and O–H groups in total. The molecule has 0 saturated carbocycles. The second-order valence-electron chi connectivity index (χ2n) is 4.38. The fourth-order valence-electron chi connectivity index (χ4n) is 1.77. The smallest absolute Gasteiger partial charge is 0.357 e. The molecule has 0 spiro atoms. The van der Waals surface area contributed by atoms with Crippen LogP contribution in [0.1, 0.15) is 18.1 Å². The summed E-state index contributed by atoms with van der Waals surface area (Å²) in [5.41, 5.74) is 2.98. The molecule has 0 heterocycles. The van der Waals surface area contributed by atoms with Crippen molar-refractivity contribution < 1.29 is 9.53 Å². The third kappa shape index (κ3) is 3.54. The molecule has 2 aromatic carbocycles. The summed E-state index contributed by atoms with van der Waals surface area (Å²) < 4.78 is 5.08. The van der Waals surface area contributed by atoms with Crippen LogP contribution in [0.15, 0.2) is 59.6 Å². The molecule has 0 aliphatic carbocycles. The highest BCUT2D eigenvalue weighted by atomic mass is 16.5. The molecule has 102 valence electrons. The molecular formula is C17H17NO2. The van der Waals surface area contributed by atoms with Crippen LogP contribution in [0, 0.1) is 6.92 Å². The van der Waals surface area contributed by atoms with Gasteiger partial charge in [-0.25, -0.2) is 9.79 Å². The van der Waals surface area contributed by atoms with E-state index in [1.807, 2.05) is 61.5 Å². The number of carbonyl (C=O) groups is 1. The third-order valence-electron chi connectivity index (χ3n) is 2.79. The van der Waals surface area contributed by atoms with Crippen LogP contribution in [0.2, 0.25) is 0 Å². The Hall–Kier alpha value is -2.42. The molecule has 0 saturated heterocycles. The standard InChI is InChI=1S/C17H17NO2/c1-3-20-17(19)16(14-7-5-4-6-8-14)18-15-11-9-13(2)10-12-15/h4-12H,3H2,1-2H3. The minimum atomic E-state index is -0.403. The monoisotopic (exact) mass is 267 g/mol. The number of benzene rings is 2. The number of hydrogen-bond donors (Lipinski definition) is 0. The predicted molar refractivity (Wildman–Crippen MR) is 80.5 cm³/mol. The highest BCUT2D eigenvalue weighted by molar-refractivity contribution is 6.43. The second-order valence-corrected chi connectivity index (χ2v) is 4.38. The fourth-order valence-corrected chi connectivity index (χ4v) is 1.77. The zero-order valence-electron chi connectivity index (χ0n) is 11.7. The predicted octanol–water partition coefficient (Wildman–Crippen LogP) is 3.68. The summed E-state index contributed by atoms with van der Waals surface area (Å²) in [7, 11) is 0. The van der Waals surface area contributed by atoms with E-state index in [2.05, 4.69) is 4.99 Å². The normalized spacial score (nSPS) is 11.2. The van der Waals surface area contributed by atoms with Crippen LogP contribution >= 0.6 is 0 Å². The van der Waals surface area contributed by atoms with Crippen LogP contribution in [-0.2, 0) is 9.53 Å². The number of aliphatic imine (C=N–C) groups is 1. The van der Waals surface area contributed by atoms with Crippen molar-refractivity contribution in [3.8, 4) is 0 Å². The van der Waals surface area contributed by atoms with Crippen molar-refractivity contribution in [1.82, 2.24) is 0 Å². The van der Waals surface area contributed by atoms with Crippen molar-refractivity contribution in [3.05, 3.63) is 65.7 Å². The van der Waals surface area contributed by atoms with Gasteiger partial charge in [0.2, 0.25) is 0 Å². The lowest BCUT2D eigenvalue weighted by Gasteiger charge is -2.06. The van der Waals surface area contributed by atoms with Crippen molar-refractivity contribution in [2.75, 3.05) is 6.61 Å². The number of rotatable bonds is 4. The van der Waals surface area contributed by atoms with Gasteiger partial charge in [-0.05, 0) is 26.0 Å². The summed E-state index contributed by atoms with van der Waals surface area (Å²) in [6.07, 6.45) is 0. The molecule has 0 radical (unpaired) electrons. The Labute approximate surface area is 118 Å². The molecule has 0 unspecified atom stereocenters. The zero-order valence-corrected chi connectivity index (χ0v) is 11.7. The van der Waals surface area contributed by atoms with E-state index in [1.165, 1.54) is 0 Å². The lowest BCUT2D eigenvalue weighted by atomic mass is 10.1. The first-order valence-electron chi connectivity index (χ1n) is 6.58. The van der Waals surface area contributed by atoms with E-state index in [1.54, 1.807) is 6.92 Å². The van der Waals surface area contributed by atoms with Crippen LogP contribution in [0.25, 0.3) is 0 Å². The Kier molecular flexibility index (Phi) is 4.66. The summed E-state index contributed by atoms with van der Waals surface area (Å²) in [5.74, 6) is -0.403. The summed E-state index contributed by atoms with van der Waals surface area (Å²) in [5, 5.41) is 0. The van der Waals surface area contributed by atoms with E-state index < -0.39 is 5.97 Å². The first-order valence-corrected chi connectivity index (χ1v) is 6.58. The maximum absolute atomic E-state index is 12.1. The van der Waals surface area contributed by atoms with Crippen LogP contribution in [0.3, 0.4) is 0 Å². The van der Waals surface area contributed by atoms with Gasteiger partial charge in [0.05, 0.1) is 12.3 Å². The van der Waals surface area contributed by atoms with Gasteiger partial charge in [-0.3, -0.25) is 0 Å². The van der Waals surface area contributed by atoms with E-state index in [9.17, 15) is 4.79 Å². The first-order chi connectivity index (χ1) is 9.70. The number of ether oxygens (including phenoxy) is 1. The second kappa shape index (κ2) is 6.66. The Morgan fingerprint density at radius 2 is 1.70 bits per heavy atom. The topological polar surface area (TPSA) is 38.7 Å². The number of hydrogen-bond acceptors (Lipinski definition) is 3. The largest absolute Gasteiger partial charge is 0.461 e. The summed E-state index contributed by atoms with van der Waals surface area (Å²) >= 11 is 0. The Bertz CT molecular complexity index is 601. The number of esters is 1. The minimum Gasteiger partial charge on any atom is -0.461 e.